The second kappa shape index (κ2) is 4.94. The summed E-state index contributed by atoms with van der Waals surface area (Å²) in [6, 6.07) is 3.46. The predicted octanol–water partition coefficient (Wildman–Crippen LogP) is 1.70. The Morgan fingerprint density at radius 2 is 1.50 bits per heavy atom. The summed E-state index contributed by atoms with van der Waals surface area (Å²) in [7, 11) is -4.08. The van der Waals surface area contributed by atoms with E-state index >= 15 is 0 Å². The van der Waals surface area contributed by atoms with Crippen LogP contribution in [0, 0.1) is 20.8 Å². The zero-order chi connectivity index (χ0) is 10.2. The maximum Gasteiger partial charge on any atom is 2.00 e. The summed E-state index contributed by atoms with van der Waals surface area (Å²) in [5, 5.41) is 0. The van der Waals surface area contributed by atoms with Crippen molar-refractivity contribution in [3.8, 4) is 0 Å². The minimum atomic E-state index is -4.08. The third-order valence-electron chi connectivity index (χ3n) is 1.86. The molecular formula is C9H14CaO3S. The van der Waals surface area contributed by atoms with Crippen LogP contribution in [0.1, 0.15) is 19.5 Å². The molecule has 1 rings (SSSR count). The monoisotopic (exact) mass is 242 g/mol. The first kappa shape index (κ1) is 14.4. The van der Waals surface area contributed by atoms with Crippen molar-refractivity contribution in [2.24, 2.45) is 0 Å². The van der Waals surface area contributed by atoms with Gasteiger partial charge in [0.2, 0.25) is 0 Å². The zero-order valence-electron chi connectivity index (χ0n) is 10.5. The molecule has 0 aliphatic rings. The van der Waals surface area contributed by atoms with Crippen LogP contribution in [0.4, 0.5) is 0 Å². The number of hydrogen-bond donors (Lipinski definition) is 1. The zero-order valence-corrected chi connectivity index (χ0v) is 11.6. The largest absolute Gasteiger partial charge is 2.00 e. The van der Waals surface area contributed by atoms with Gasteiger partial charge in [-0.2, -0.15) is 8.42 Å². The molecule has 0 saturated carbocycles. The first-order valence-electron chi connectivity index (χ1n) is 3.87. The molecule has 5 heteroatoms. The summed E-state index contributed by atoms with van der Waals surface area (Å²) in [5.41, 5.74) is 2.16. The Bertz CT molecular complexity index is 423. The Balaban J connectivity index is -0.000000563. The third kappa shape index (κ3) is 3.21. The molecule has 0 heterocycles. The second-order valence-electron chi connectivity index (χ2n) is 3.20. The number of hydrogen-bond acceptors (Lipinski definition) is 2. The van der Waals surface area contributed by atoms with E-state index in [9.17, 15) is 8.42 Å². The molecule has 0 unspecified atom stereocenters. The Hall–Kier alpha value is 0.390. The molecule has 0 bridgehead atoms. The predicted molar refractivity (Wildman–Crippen MR) is 58.4 cm³/mol. The molecule has 14 heavy (non-hydrogen) atoms. The summed E-state index contributed by atoms with van der Waals surface area (Å²) in [6.07, 6.45) is 0. The summed E-state index contributed by atoms with van der Waals surface area (Å²) < 4.78 is 30.8. The van der Waals surface area contributed by atoms with Crippen molar-refractivity contribution < 1.29 is 15.8 Å². The van der Waals surface area contributed by atoms with Gasteiger partial charge in [0.1, 0.15) is 0 Å². The van der Waals surface area contributed by atoms with Gasteiger partial charge < -0.3 is 2.85 Å². The molecule has 76 valence electrons. The summed E-state index contributed by atoms with van der Waals surface area (Å²) >= 11 is 0. The van der Waals surface area contributed by atoms with Crippen molar-refractivity contribution in [3.63, 3.8) is 0 Å². The molecule has 0 radical (unpaired) electrons. The van der Waals surface area contributed by atoms with Crippen LogP contribution in [0.5, 0.6) is 0 Å². The molecule has 0 aliphatic carbocycles. The fraction of sp³-hybridized carbons (Fsp3) is 0.333. The van der Waals surface area contributed by atoms with E-state index in [0.29, 0.717) is 11.1 Å². The van der Waals surface area contributed by atoms with E-state index in [0.717, 1.165) is 5.56 Å². The van der Waals surface area contributed by atoms with Crippen LogP contribution in [0.3, 0.4) is 0 Å². The molecule has 0 aromatic heterocycles. The minimum absolute atomic E-state index is 0. The van der Waals surface area contributed by atoms with Crippen LogP contribution >= 0.6 is 0 Å². The van der Waals surface area contributed by atoms with E-state index in [4.69, 9.17) is 4.55 Å². The van der Waals surface area contributed by atoms with E-state index in [2.05, 4.69) is 0 Å². The van der Waals surface area contributed by atoms with Crippen molar-refractivity contribution in [2.45, 2.75) is 25.7 Å². The van der Waals surface area contributed by atoms with E-state index < -0.39 is 10.1 Å². The topological polar surface area (TPSA) is 54.4 Å². The van der Waals surface area contributed by atoms with Gasteiger partial charge in [0, 0.05) is 0 Å². The van der Waals surface area contributed by atoms with Crippen molar-refractivity contribution in [2.75, 3.05) is 0 Å². The normalized spacial score (nSPS) is 10.9. The van der Waals surface area contributed by atoms with Gasteiger partial charge >= 0.3 is 37.7 Å². The molecule has 1 N–H and O–H groups in total. The van der Waals surface area contributed by atoms with Gasteiger partial charge in [0.05, 0.1) is 4.90 Å². The first-order valence-corrected chi connectivity index (χ1v) is 5.31. The van der Waals surface area contributed by atoms with Gasteiger partial charge in [-0.25, -0.2) is 0 Å². The van der Waals surface area contributed by atoms with Crippen LogP contribution in [0.2, 0.25) is 0 Å². The number of rotatable bonds is 1. The number of aryl methyl sites for hydroxylation is 3. The standard InChI is InChI=1S/C9H12O3S.Ca.2H/c1-6-4-7(2)9(8(3)5-6)13(10,11)12;;;/h4-5H,1-3H3,(H,10,11,12);;;/q;+2;2*-1. The molecule has 1 aromatic carbocycles. The Morgan fingerprint density at radius 1 is 1.14 bits per heavy atom. The molecule has 3 nitrogen and oxygen atoms in total. The first-order chi connectivity index (χ1) is 5.82. The smallest absolute Gasteiger partial charge is 1.00 e. The maximum absolute atomic E-state index is 10.9. The average molecular weight is 242 g/mol. The van der Waals surface area contributed by atoms with Gasteiger partial charge in [-0.15, -0.1) is 0 Å². The van der Waals surface area contributed by atoms with Gasteiger partial charge in [-0.1, -0.05) is 17.7 Å². The van der Waals surface area contributed by atoms with Crippen LogP contribution < -0.4 is 0 Å². The quantitative estimate of drug-likeness (QED) is 0.602. The van der Waals surface area contributed by atoms with Crippen molar-refractivity contribution >= 4 is 47.9 Å². The molecule has 0 saturated heterocycles. The minimum Gasteiger partial charge on any atom is -1.00 e. The average Bonchev–Trinajstić information content (AvgIpc) is 1.78. The summed E-state index contributed by atoms with van der Waals surface area (Å²) in [6.45, 7) is 5.22. The summed E-state index contributed by atoms with van der Waals surface area (Å²) in [5.74, 6) is 0. The van der Waals surface area contributed by atoms with Gasteiger partial charge in [-0.3, -0.25) is 4.55 Å². The fourth-order valence-electron chi connectivity index (χ4n) is 1.57. The fourth-order valence-corrected chi connectivity index (χ4v) is 2.51. The molecule has 0 fully saturated rings. The van der Waals surface area contributed by atoms with E-state index in [-0.39, 0.29) is 45.5 Å². The molecule has 1 aromatic rings. The molecule has 0 aliphatic heterocycles. The SMILES string of the molecule is Cc1cc(C)c(S(=O)(=O)O)c(C)c1.[Ca+2].[H-].[H-]. The third-order valence-corrected chi connectivity index (χ3v) is 3.02. The van der Waals surface area contributed by atoms with Gasteiger partial charge in [0.15, 0.2) is 0 Å². The molecule has 0 amide bonds. The maximum atomic E-state index is 10.9. The van der Waals surface area contributed by atoms with E-state index in [1.165, 1.54) is 0 Å². The van der Waals surface area contributed by atoms with Crippen LogP contribution in [-0.4, -0.2) is 50.7 Å². The van der Waals surface area contributed by atoms with E-state index in [1.54, 1.807) is 26.0 Å². The van der Waals surface area contributed by atoms with Crippen LogP contribution in [0.15, 0.2) is 17.0 Å². The molecule has 0 spiro atoms. The van der Waals surface area contributed by atoms with Crippen molar-refractivity contribution in [3.05, 3.63) is 28.8 Å². The Labute approximate surface area is 117 Å². The van der Waals surface area contributed by atoms with Crippen LogP contribution in [-0.2, 0) is 10.1 Å². The molecule has 0 atom stereocenters. The number of benzene rings is 1. The Morgan fingerprint density at radius 3 is 1.79 bits per heavy atom. The van der Waals surface area contributed by atoms with Crippen molar-refractivity contribution in [1.29, 1.82) is 0 Å². The van der Waals surface area contributed by atoms with Gasteiger partial charge in [-0.05, 0) is 31.9 Å². The Kier molecular flexibility index (Phi) is 5.08. The van der Waals surface area contributed by atoms with Gasteiger partial charge in [0.25, 0.3) is 10.1 Å². The molecular weight excluding hydrogens is 228 g/mol. The second-order valence-corrected chi connectivity index (χ2v) is 4.56. The van der Waals surface area contributed by atoms with Crippen molar-refractivity contribution in [1.82, 2.24) is 0 Å². The summed E-state index contributed by atoms with van der Waals surface area (Å²) in [4.78, 5) is 0.0260. The van der Waals surface area contributed by atoms with E-state index in [1.807, 2.05) is 6.92 Å². The van der Waals surface area contributed by atoms with Crippen LogP contribution in [0.25, 0.3) is 0 Å².